The summed E-state index contributed by atoms with van der Waals surface area (Å²) in [6, 6.07) is 9.15. The van der Waals surface area contributed by atoms with E-state index >= 15 is 0 Å². The number of nitrogens with zero attached hydrogens (tertiary/aromatic N) is 1. The lowest BCUT2D eigenvalue weighted by Crippen LogP contribution is -2.46. The summed E-state index contributed by atoms with van der Waals surface area (Å²) in [6.45, 7) is 1.67. The van der Waals surface area contributed by atoms with E-state index in [4.69, 9.17) is 4.74 Å². The lowest BCUT2D eigenvalue weighted by atomic mass is 9.96. The first-order valence-electron chi connectivity index (χ1n) is 8.71. The number of nitrogens with one attached hydrogen (secondary N) is 2. The number of amides is 3. The second-order valence-corrected chi connectivity index (χ2v) is 6.43. The van der Waals surface area contributed by atoms with Crippen LogP contribution in [0.15, 0.2) is 30.3 Å². The Balaban J connectivity index is 1.53. The van der Waals surface area contributed by atoms with E-state index in [1.165, 1.54) is 6.42 Å². The molecule has 0 unspecified atom stereocenters. The van der Waals surface area contributed by atoms with Crippen LogP contribution in [-0.2, 0) is 4.79 Å². The predicted molar refractivity (Wildman–Crippen MR) is 95.5 cm³/mol. The van der Waals surface area contributed by atoms with Crippen LogP contribution >= 0.6 is 0 Å². The number of aryl methyl sites for hydroxylation is 1. The second kappa shape index (κ2) is 7.96. The summed E-state index contributed by atoms with van der Waals surface area (Å²) >= 11 is 0. The highest BCUT2D eigenvalue weighted by molar-refractivity contribution is 5.95. The van der Waals surface area contributed by atoms with Crippen LogP contribution < -0.4 is 15.4 Å². The molecule has 0 radical (unpaired) electrons. The third kappa shape index (κ3) is 4.68. The monoisotopic (exact) mass is 341 g/mol. The third-order valence-corrected chi connectivity index (χ3v) is 4.37. The van der Waals surface area contributed by atoms with Gasteiger partial charge in [-0.1, -0.05) is 37.5 Å². The minimum Gasteiger partial charge on any atom is -0.481 e. The molecule has 0 atom stereocenters. The molecule has 0 spiro atoms. The molecule has 0 saturated heterocycles. The molecule has 1 aromatic carbocycles. The first-order chi connectivity index (χ1) is 12.1. The number of ether oxygens (including phenoxy) is 1. The van der Waals surface area contributed by atoms with Crippen molar-refractivity contribution < 1.29 is 14.3 Å². The minimum atomic E-state index is -0.474. The van der Waals surface area contributed by atoms with Crippen LogP contribution in [0.3, 0.4) is 0 Å². The molecule has 1 saturated carbocycles. The van der Waals surface area contributed by atoms with Crippen molar-refractivity contribution in [3.8, 4) is 5.75 Å². The molecule has 3 amide bonds. The molecule has 3 rings (SSSR count). The van der Waals surface area contributed by atoms with Gasteiger partial charge in [-0.25, -0.2) is 9.78 Å². The highest BCUT2D eigenvalue weighted by Gasteiger charge is 2.17. The summed E-state index contributed by atoms with van der Waals surface area (Å²) < 4.78 is 5.57. The number of benzene rings is 1. The van der Waals surface area contributed by atoms with Gasteiger partial charge in [0.05, 0.1) is 0 Å². The maximum Gasteiger partial charge on any atom is 0.321 e. The van der Waals surface area contributed by atoms with Gasteiger partial charge in [0.1, 0.15) is 11.3 Å². The lowest BCUT2D eigenvalue weighted by molar-refractivity contribution is -0.121. The highest BCUT2D eigenvalue weighted by Crippen LogP contribution is 2.23. The van der Waals surface area contributed by atoms with Gasteiger partial charge >= 0.3 is 6.03 Å². The number of carbonyl (C=O) groups excluding carboxylic acids is 2. The van der Waals surface area contributed by atoms with Crippen molar-refractivity contribution in [1.82, 2.24) is 15.6 Å². The van der Waals surface area contributed by atoms with Crippen molar-refractivity contribution in [1.29, 1.82) is 0 Å². The standard InChI is InChI=1S/C19H23N3O3/c1-13-10-11-14-6-5-9-16(18(14)20-13)25-12-17(23)22-19(24)21-15-7-3-2-4-8-15/h5-6,9-11,15H,2-4,7-8,12H2,1H3,(H2,21,22,23,24). The Labute approximate surface area is 147 Å². The smallest absolute Gasteiger partial charge is 0.321 e. The minimum absolute atomic E-state index is 0.160. The molecule has 2 N–H and O–H groups in total. The highest BCUT2D eigenvalue weighted by atomic mass is 16.5. The van der Waals surface area contributed by atoms with Crippen molar-refractivity contribution >= 4 is 22.8 Å². The molecule has 1 aromatic heterocycles. The van der Waals surface area contributed by atoms with Crippen LogP contribution in [0.4, 0.5) is 4.79 Å². The Hall–Kier alpha value is -2.63. The summed E-state index contributed by atoms with van der Waals surface area (Å²) in [6.07, 6.45) is 5.40. The molecule has 6 heteroatoms. The van der Waals surface area contributed by atoms with Gasteiger partial charge in [-0.15, -0.1) is 0 Å². The molecule has 2 aromatic rings. The first kappa shape index (κ1) is 17.2. The average Bonchev–Trinajstić information content (AvgIpc) is 2.60. The van der Waals surface area contributed by atoms with Crippen LogP contribution in [0.25, 0.3) is 10.9 Å². The number of hydrogen-bond acceptors (Lipinski definition) is 4. The average molecular weight is 341 g/mol. The van der Waals surface area contributed by atoms with Gasteiger partial charge in [-0.05, 0) is 31.9 Å². The summed E-state index contributed by atoms with van der Waals surface area (Å²) in [4.78, 5) is 28.3. The summed E-state index contributed by atoms with van der Waals surface area (Å²) in [7, 11) is 0. The molecule has 6 nitrogen and oxygen atoms in total. The van der Waals surface area contributed by atoms with Crippen LogP contribution in [0.1, 0.15) is 37.8 Å². The van der Waals surface area contributed by atoms with Gasteiger partial charge in [-0.2, -0.15) is 0 Å². The van der Waals surface area contributed by atoms with Crippen LogP contribution in [0.5, 0.6) is 5.75 Å². The van der Waals surface area contributed by atoms with Crippen molar-refractivity contribution in [2.24, 2.45) is 0 Å². The zero-order valence-electron chi connectivity index (χ0n) is 14.4. The zero-order valence-corrected chi connectivity index (χ0v) is 14.4. The van der Waals surface area contributed by atoms with Crippen molar-refractivity contribution in [3.63, 3.8) is 0 Å². The molecule has 1 fully saturated rings. The number of fused-ring (bicyclic) bond motifs is 1. The van der Waals surface area contributed by atoms with E-state index in [1.807, 2.05) is 31.2 Å². The number of aromatic nitrogens is 1. The molecular weight excluding hydrogens is 318 g/mol. The maximum atomic E-state index is 12.0. The molecule has 1 heterocycles. The van der Waals surface area contributed by atoms with Gasteiger partial charge in [0.2, 0.25) is 0 Å². The van der Waals surface area contributed by atoms with Crippen molar-refractivity contribution in [3.05, 3.63) is 36.0 Å². The SMILES string of the molecule is Cc1ccc2cccc(OCC(=O)NC(=O)NC3CCCCC3)c2n1. The van der Waals surface area contributed by atoms with E-state index in [0.29, 0.717) is 11.3 Å². The number of pyridine rings is 1. The van der Waals surface area contributed by atoms with Gasteiger partial charge in [0.25, 0.3) is 5.91 Å². The number of para-hydroxylation sites is 1. The van der Waals surface area contributed by atoms with Crippen molar-refractivity contribution in [2.45, 2.75) is 45.1 Å². The first-order valence-corrected chi connectivity index (χ1v) is 8.71. The third-order valence-electron chi connectivity index (χ3n) is 4.37. The van der Waals surface area contributed by atoms with E-state index in [-0.39, 0.29) is 12.6 Å². The molecule has 0 aliphatic heterocycles. The van der Waals surface area contributed by atoms with E-state index in [9.17, 15) is 9.59 Å². The largest absolute Gasteiger partial charge is 0.481 e. The maximum absolute atomic E-state index is 12.0. The molecular formula is C19H23N3O3. The van der Waals surface area contributed by atoms with Gasteiger partial charge < -0.3 is 10.1 Å². The topological polar surface area (TPSA) is 80.3 Å². The van der Waals surface area contributed by atoms with E-state index in [2.05, 4.69) is 15.6 Å². The fourth-order valence-corrected chi connectivity index (χ4v) is 3.11. The van der Waals surface area contributed by atoms with Gasteiger partial charge in [0.15, 0.2) is 6.61 Å². The molecule has 132 valence electrons. The normalized spacial score (nSPS) is 14.9. The Kier molecular flexibility index (Phi) is 5.48. The van der Waals surface area contributed by atoms with E-state index in [1.54, 1.807) is 6.07 Å². The number of urea groups is 1. The number of imide groups is 1. The Bertz CT molecular complexity index is 770. The van der Waals surface area contributed by atoms with E-state index < -0.39 is 11.9 Å². The Morgan fingerprint density at radius 3 is 2.76 bits per heavy atom. The second-order valence-electron chi connectivity index (χ2n) is 6.43. The molecule has 0 bridgehead atoms. The zero-order chi connectivity index (χ0) is 17.6. The fraction of sp³-hybridized carbons (Fsp3) is 0.421. The number of carbonyl (C=O) groups is 2. The summed E-state index contributed by atoms with van der Waals surface area (Å²) in [5.41, 5.74) is 1.59. The quantitative estimate of drug-likeness (QED) is 0.895. The Morgan fingerprint density at radius 2 is 1.96 bits per heavy atom. The van der Waals surface area contributed by atoms with Crippen LogP contribution in [0.2, 0.25) is 0 Å². The predicted octanol–water partition coefficient (Wildman–Crippen LogP) is 3.08. The number of rotatable bonds is 4. The van der Waals surface area contributed by atoms with Gasteiger partial charge in [0, 0.05) is 17.1 Å². The Morgan fingerprint density at radius 1 is 1.16 bits per heavy atom. The number of hydrogen-bond donors (Lipinski definition) is 2. The molecule has 25 heavy (non-hydrogen) atoms. The molecule has 1 aliphatic rings. The summed E-state index contributed by atoms with van der Waals surface area (Å²) in [5.74, 6) is 0.0574. The lowest BCUT2D eigenvalue weighted by Gasteiger charge is -2.22. The molecule has 1 aliphatic carbocycles. The van der Waals surface area contributed by atoms with Crippen LogP contribution in [0, 0.1) is 6.92 Å². The summed E-state index contributed by atoms with van der Waals surface area (Å²) in [5, 5.41) is 6.11. The fourth-order valence-electron chi connectivity index (χ4n) is 3.11. The van der Waals surface area contributed by atoms with E-state index in [0.717, 1.165) is 36.8 Å². The van der Waals surface area contributed by atoms with Crippen LogP contribution in [-0.4, -0.2) is 29.6 Å². The van der Waals surface area contributed by atoms with Crippen molar-refractivity contribution in [2.75, 3.05) is 6.61 Å². The van der Waals surface area contributed by atoms with Gasteiger partial charge in [-0.3, -0.25) is 10.1 Å².